The van der Waals surface area contributed by atoms with Gasteiger partial charge in [-0.1, -0.05) is 38.2 Å². The fourth-order valence-electron chi connectivity index (χ4n) is 4.61. The standard InChI is InChI=1S/C28H39N3O8/c1-14-10-18-23(29)20(32)13-19(25(18)34)31-27(35)15(2)8-7-9-21(37-5)26(39-28(30)36)17(4)12-16(3)24(33)22(11-14)38-6/h7-9,12-14,16,21-22,24,26,33H,10-11,29H2,1-6H3,(H2,30,36)(H,31,35)/b9-7-,15-8-,17-12-/t14-,16+,21-,22-,24+,26+/m1/s1. The van der Waals surface area contributed by atoms with Crippen molar-refractivity contribution in [1.29, 1.82) is 0 Å². The van der Waals surface area contributed by atoms with E-state index in [1.807, 2.05) is 6.92 Å². The third-order valence-electron chi connectivity index (χ3n) is 6.84. The number of fused-ring (bicyclic) bond motifs is 2. The van der Waals surface area contributed by atoms with Crippen LogP contribution in [0.5, 0.6) is 0 Å². The first kappa shape index (κ1) is 31.7. The van der Waals surface area contributed by atoms with E-state index in [4.69, 9.17) is 25.7 Å². The molecule has 11 heteroatoms. The summed E-state index contributed by atoms with van der Waals surface area (Å²) in [6.45, 7) is 6.89. The maximum Gasteiger partial charge on any atom is 0.405 e. The van der Waals surface area contributed by atoms with Gasteiger partial charge in [-0.05, 0) is 38.2 Å². The molecule has 11 nitrogen and oxygen atoms in total. The summed E-state index contributed by atoms with van der Waals surface area (Å²) in [4.78, 5) is 50.1. The summed E-state index contributed by atoms with van der Waals surface area (Å²) < 4.78 is 16.4. The van der Waals surface area contributed by atoms with Gasteiger partial charge in [0.1, 0.15) is 6.10 Å². The van der Waals surface area contributed by atoms with Crippen LogP contribution >= 0.6 is 0 Å². The Morgan fingerprint density at radius 2 is 1.79 bits per heavy atom. The van der Waals surface area contributed by atoms with Gasteiger partial charge in [-0.15, -0.1) is 0 Å². The third-order valence-corrected chi connectivity index (χ3v) is 6.84. The molecule has 1 aliphatic carbocycles. The molecule has 0 saturated carbocycles. The SMILES string of the molecule is CO[C@@H]1/C=C\C=C(\C)C(=O)NC2=CC(=O)C(N)=C(C[C@@H](C)C[C@@H](OC)[C@@H](O)[C@@H](C)/C=C(/C)[C@@H]1OC(N)=O)C2=O. The van der Waals surface area contributed by atoms with Crippen molar-refractivity contribution in [2.75, 3.05) is 14.2 Å². The van der Waals surface area contributed by atoms with Gasteiger partial charge >= 0.3 is 6.09 Å². The molecule has 0 spiro atoms. The molecule has 0 fully saturated rings. The molecule has 0 aromatic rings. The molecular formula is C28H39N3O8. The van der Waals surface area contributed by atoms with Gasteiger partial charge in [0.05, 0.1) is 23.6 Å². The number of Topliss-reactive ketones (excluding diaryl/α,β-unsaturated/α-hetero) is 1. The van der Waals surface area contributed by atoms with E-state index in [2.05, 4.69) is 5.32 Å². The average Bonchev–Trinajstić information content (AvgIpc) is 2.88. The molecule has 0 radical (unpaired) electrons. The summed E-state index contributed by atoms with van der Waals surface area (Å²) in [6, 6.07) is 0. The molecule has 2 amide bonds. The number of nitrogens with two attached hydrogens (primary N) is 2. The highest BCUT2D eigenvalue weighted by atomic mass is 16.6. The van der Waals surface area contributed by atoms with Crippen LogP contribution < -0.4 is 16.8 Å². The lowest BCUT2D eigenvalue weighted by Gasteiger charge is -2.29. The van der Waals surface area contributed by atoms with Crippen molar-refractivity contribution >= 4 is 23.6 Å². The first-order chi connectivity index (χ1) is 18.3. The number of ether oxygens (including phenoxy) is 3. The summed E-state index contributed by atoms with van der Waals surface area (Å²) in [7, 11) is 2.90. The number of allylic oxidation sites excluding steroid dienone is 4. The first-order valence-corrected chi connectivity index (χ1v) is 12.6. The van der Waals surface area contributed by atoms with Gasteiger partial charge in [0.2, 0.25) is 11.6 Å². The number of methoxy groups -OCH3 is 2. The monoisotopic (exact) mass is 545 g/mol. The van der Waals surface area contributed by atoms with Crippen LogP contribution in [0.15, 0.2) is 58.5 Å². The Morgan fingerprint density at radius 3 is 2.38 bits per heavy atom. The smallest absolute Gasteiger partial charge is 0.405 e. The lowest BCUT2D eigenvalue weighted by Crippen LogP contribution is -2.37. The van der Waals surface area contributed by atoms with Crippen LogP contribution in [0.2, 0.25) is 0 Å². The molecule has 0 saturated heterocycles. The van der Waals surface area contributed by atoms with Crippen molar-refractivity contribution in [3.63, 3.8) is 0 Å². The lowest BCUT2D eigenvalue weighted by molar-refractivity contribution is -0.120. The molecule has 0 unspecified atom stereocenters. The quantitative estimate of drug-likeness (QED) is 0.303. The van der Waals surface area contributed by atoms with Gasteiger partial charge in [-0.2, -0.15) is 0 Å². The van der Waals surface area contributed by atoms with E-state index in [1.165, 1.54) is 33.3 Å². The van der Waals surface area contributed by atoms with Crippen LogP contribution in [0, 0.1) is 11.8 Å². The van der Waals surface area contributed by atoms with Crippen LogP contribution in [-0.4, -0.2) is 67.3 Å². The molecule has 0 aromatic heterocycles. The van der Waals surface area contributed by atoms with Crippen molar-refractivity contribution in [3.8, 4) is 0 Å². The molecule has 0 aromatic carbocycles. The highest BCUT2D eigenvalue weighted by Gasteiger charge is 2.32. The zero-order valence-corrected chi connectivity index (χ0v) is 23.2. The number of carbonyl (C=O) groups is 4. The Morgan fingerprint density at radius 1 is 1.13 bits per heavy atom. The minimum atomic E-state index is -1.00. The van der Waals surface area contributed by atoms with Crippen molar-refractivity contribution < 1.29 is 38.5 Å². The maximum absolute atomic E-state index is 13.2. The van der Waals surface area contributed by atoms with Crippen molar-refractivity contribution in [2.45, 2.75) is 65.0 Å². The summed E-state index contributed by atoms with van der Waals surface area (Å²) in [5.74, 6) is -2.37. The largest absolute Gasteiger partial charge is 0.439 e. The summed E-state index contributed by atoms with van der Waals surface area (Å²) >= 11 is 0. The van der Waals surface area contributed by atoms with Gasteiger partial charge in [0.15, 0.2) is 6.10 Å². The molecule has 2 aliphatic rings. The zero-order chi connectivity index (χ0) is 29.4. The van der Waals surface area contributed by atoms with Crippen LogP contribution in [0.3, 0.4) is 0 Å². The minimum Gasteiger partial charge on any atom is -0.439 e. The number of amides is 2. The van der Waals surface area contributed by atoms with Gasteiger partial charge in [0.25, 0.3) is 5.91 Å². The van der Waals surface area contributed by atoms with Gasteiger partial charge in [-0.25, -0.2) is 4.79 Å². The molecule has 1 aliphatic heterocycles. The molecule has 1 heterocycles. The Balaban J connectivity index is 2.58. The maximum atomic E-state index is 13.2. The van der Waals surface area contributed by atoms with Crippen molar-refractivity contribution in [3.05, 3.63) is 58.5 Å². The summed E-state index contributed by atoms with van der Waals surface area (Å²) in [6.07, 6.45) is 3.55. The minimum absolute atomic E-state index is 0.104. The normalized spacial score (nSPS) is 33.3. The highest BCUT2D eigenvalue weighted by molar-refractivity contribution is 6.23. The van der Waals surface area contributed by atoms with Gasteiger partial charge in [-0.3, -0.25) is 14.4 Å². The van der Waals surface area contributed by atoms with E-state index in [9.17, 15) is 24.3 Å². The number of nitrogens with one attached hydrogen (secondary N) is 1. The highest BCUT2D eigenvalue weighted by Crippen LogP contribution is 2.28. The summed E-state index contributed by atoms with van der Waals surface area (Å²) in [5, 5.41) is 13.6. The predicted molar refractivity (Wildman–Crippen MR) is 144 cm³/mol. The molecule has 2 bridgehead atoms. The van der Waals surface area contributed by atoms with Crippen molar-refractivity contribution in [1.82, 2.24) is 5.32 Å². The number of hydrogen-bond donors (Lipinski definition) is 4. The second-order valence-corrected chi connectivity index (χ2v) is 9.97. The zero-order valence-electron chi connectivity index (χ0n) is 23.2. The molecule has 39 heavy (non-hydrogen) atoms. The number of primary amides is 1. The fraction of sp³-hybridized carbons (Fsp3) is 0.500. The average molecular weight is 546 g/mol. The molecule has 6 atom stereocenters. The number of carbonyl (C=O) groups excluding carboxylic acids is 4. The molecule has 2 rings (SSSR count). The fourth-order valence-corrected chi connectivity index (χ4v) is 4.61. The second-order valence-electron chi connectivity index (χ2n) is 9.97. The second kappa shape index (κ2) is 14.0. The van der Waals surface area contributed by atoms with E-state index in [0.29, 0.717) is 12.0 Å². The van der Waals surface area contributed by atoms with E-state index in [-0.39, 0.29) is 34.9 Å². The van der Waals surface area contributed by atoms with Gasteiger partial charge < -0.3 is 36.1 Å². The van der Waals surface area contributed by atoms with Crippen LogP contribution in [0.4, 0.5) is 4.79 Å². The third kappa shape index (κ3) is 8.22. The van der Waals surface area contributed by atoms with Crippen molar-refractivity contribution in [2.24, 2.45) is 23.3 Å². The predicted octanol–water partition coefficient (Wildman–Crippen LogP) is 1.72. The molecular weight excluding hydrogens is 506 g/mol. The topological polar surface area (TPSA) is 180 Å². The van der Waals surface area contributed by atoms with Crippen LogP contribution in [0.1, 0.15) is 40.5 Å². The van der Waals surface area contributed by atoms with E-state index in [1.54, 1.807) is 26.0 Å². The lowest BCUT2D eigenvalue weighted by atomic mass is 9.85. The Bertz CT molecular complexity index is 1130. The van der Waals surface area contributed by atoms with E-state index in [0.717, 1.165) is 6.08 Å². The Labute approximate surface area is 228 Å². The number of ketones is 2. The molecule has 6 N–H and O–H groups in total. The Kier molecular flexibility index (Phi) is 11.4. The number of aliphatic hydroxyl groups is 1. The number of aliphatic hydroxyl groups excluding tert-OH is 1. The Hall–Kier alpha value is -3.54. The first-order valence-electron chi connectivity index (χ1n) is 12.6. The number of rotatable bonds is 3. The van der Waals surface area contributed by atoms with Crippen LogP contribution in [0.25, 0.3) is 0 Å². The van der Waals surface area contributed by atoms with E-state index < -0.39 is 53.9 Å². The molecule has 214 valence electrons. The number of hydrogen-bond acceptors (Lipinski definition) is 9. The summed E-state index contributed by atoms with van der Waals surface area (Å²) in [5.41, 5.74) is 11.9. The van der Waals surface area contributed by atoms with Crippen LogP contribution in [-0.2, 0) is 28.6 Å². The van der Waals surface area contributed by atoms with E-state index >= 15 is 0 Å². The van der Waals surface area contributed by atoms with Gasteiger partial charge in [0, 0.05) is 37.4 Å².